The van der Waals surface area contributed by atoms with Gasteiger partial charge in [-0.1, -0.05) is 28.1 Å². The van der Waals surface area contributed by atoms with Crippen LogP contribution < -0.4 is 4.74 Å². The molecule has 0 amide bonds. The van der Waals surface area contributed by atoms with E-state index in [1.807, 2.05) is 0 Å². The van der Waals surface area contributed by atoms with E-state index in [0.29, 0.717) is 22.0 Å². The van der Waals surface area contributed by atoms with Crippen molar-refractivity contribution in [3.8, 4) is 17.0 Å². The van der Waals surface area contributed by atoms with E-state index in [4.69, 9.17) is 9.47 Å². The van der Waals surface area contributed by atoms with Crippen molar-refractivity contribution >= 4 is 38.5 Å². The van der Waals surface area contributed by atoms with Crippen LogP contribution >= 0.6 is 15.9 Å². The number of nitro groups is 1. The van der Waals surface area contributed by atoms with Crippen molar-refractivity contribution in [2.45, 2.75) is 6.92 Å². The van der Waals surface area contributed by atoms with E-state index >= 15 is 0 Å². The maximum Gasteiger partial charge on any atom is 0.343 e. The summed E-state index contributed by atoms with van der Waals surface area (Å²) in [4.78, 5) is 27.6. The Morgan fingerprint density at radius 3 is 2.52 bits per heavy atom. The summed E-state index contributed by atoms with van der Waals surface area (Å²) in [6.07, 6.45) is 0. The van der Waals surface area contributed by atoms with Gasteiger partial charge >= 0.3 is 5.97 Å². The fourth-order valence-corrected chi connectivity index (χ4v) is 2.98. The lowest BCUT2D eigenvalue weighted by atomic mass is 10.0. The van der Waals surface area contributed by atoms with Crippen LogP contribution in [0.3, 0.4) is 0 Å². The second-order valence-corrected chi connectivity index (χ2v) is 6.51. The number of hydrogen-bond acceptors (Lipinski definition) is 6. The molecule has 0 saturated carbocycles. The Hall–Kier alpha value is -3.00. The number of benzene rings is 2. The number of carbonyl (C=O) groups excluding carboxylic acids is 1. The van der Waals surface area contributed by atoms with Gasteiger partial charge in [0.15, 0.2) is 0 Å². The van der Waals surface area contributed by atoms with Crippen LogP contribution in [0.15, 0.2) is 46.9 Å². The Kier molecular flexibility index (Phi) is 5.36. The molecule has 7 nitrogen and oxygen atoms in total. The third kappa shape index (κ3) is 3.75. The Bertz CT molecular complexity index is 1030. The number of nitro benzene ring substituents is 1. The summed E-state index contributed by atoms with van der Waals surface area (Å²) in [5.41, 5.74) is 1.56. The topological polar surface area (TPSA) is 91.6 Å². The SMILES string of the molecule is CCOC(=O)c1cc2cc(-c3ccc(Br)cc3)c([N+](=O)[O-])cc2nc1OC. The molecule has 3 rings (SSSR count). The summed E-state index contributed by atoms with van der Waals surface area (Å²) >= 11 is 3.35. The first kappa shape index (κ1) is 18.8. The Labute approximate surface area is 163 Å². The fraction of sp³-hybridized carbons (Fsp3) is 0.158. The van der Waals surface area contributed by atoms with Crippen molar-refractivity contribution in [3.05, 3.63) is 62.6 Å². The maximum atomic E-state index is 12.2. The first-order valence-electron chi connectivity index (χ1n) is 8.04. The van der Waals surface area contributed by atoms with Gasteiger partial charge in [-0.2, -0.15) is 0 Å². The molecule has 138 valence electrons. The molecule has 1 heterocycles. The van der Waals surface area contributed by atoms with Crippen LogP contribution in [0.2, 0.25) is 0 Å². The molecule has 0 N–H and O–H groups in total. The second kappa shape index (κ2) is 7.71. The van der Waals surface area contributed by atoms with Gasteiger partial charge in [0.2, 0.25) is 5.88 Å². The molecule has 0 aliphatic heterocycles. The van der Waals surface area contributed by atoms with Gasteiger partial charge in [-0.3, -0.25) is 10.1 Å². The molecule has 0 unspecified atom stereocenters. The van der Waals surface area contributed by atoms with Gasteiger partial charge in [0.25, 0.3) is 5.69 Å². The first-order chi connectivity index (χ1) is 12.9. The molecule has 1 aromatic heterocycles. The molecule has 0 aliphatic rings. The number of carbonyl (C=O) groups is 1. The van der Waals surface area contributed by atoms with Gasteiger partial charge in [-0.25, -0.2) is 9.78 Å². The number of esters is 1. The lowest BCUT2D eigenvalue weighted by Gasteiger charge is -2.10. The highest BCUT2D eigenvalue weighted by atomic mass is 79.9. The smallest absolute Gasteiger partial charge is 0.343 e. The minimum Gasteiger partial charge on any atom is -0.480 e. The van der Waals surface area contributed by atoms with Crippen molar-refractivity contribution in [2.75, 3.05) is 13.7 Å². The monoisotopic (exact) mass is 430 g/mol. The lowest BCUT2D eigenvalue weighted by molar-refractivity contribution is -0.384. The van der Waals surface area contributed by atoms with Gasteiger partial charge in [0.1, 0.15) is 5.56 Å². The molecule has 2 aromatic carbocycles. The Morgan fingerprint density at radius 2 is 1.93 bits per heavy atom. The van der Waals surface area contributed by atoms with Crippen LogP contribution in [0, 0.1) is 10.1 Å². The molecule has 3 aromatic rings. The van der Waals surface area contributed by atoms with E-state index in [1.165, 1.54) is 13.2 Å². The standard InChI is InChI=1S/C19H15BrN2O5/c1-3-27-19(23)15-9-12-8-14(11-4-6-13(20)7-5-11)17(22(24)25)10-16(12)21-18(15)26-2/h4-10H,3H2,1-2H3. The van der Waals surface area contributed by atoms with E-state index < -0.39 is 10.9 Å². The van der Waals surface area contributed by atoms with E-state index in [9.17, 15) is 14.9 Å². The van der Waals surface area contributed by atoms with Gasteiger partial charge in [0.05, 0.1) is 29.7 Å². The average molecular weight is 431 g/mol. The van der Waals surface area contributed by atoms with Crippen LogP contribution in [0.25, 0.3) is 22.0 Å². The molecule has 0 atom stereocenters. The number of methoxy groups -OCH3 is 1. The van der Waals surface area contributed by atoms with Gasteiger partial charge in [0, 0.05) is 15.9 Å². The Morgan fingerprint density at radius 1 is 1.22 bits per heavy atom. The van der Waals surface area contributed by atoms with Crippen LogP contribution in [-0.4, -0.2) is 29.6 Å². The Balaban J connectivity index is 2.26. The van der Waals surface area contributed by atoms with Crippen molar-refractivity contribution in [1.82, 2.24) is 4.98 Å². The lowest BCUT2D eigenvalue weighted by Crippen LogP contribution is -2.08. The summed E-state index contributed by atoms with van der Waals surface area (Å²) < 4.78 is 11.1. The van der Waals surface area contributed by atoms with Crippen molar-refractivity contribution in [2.24, 2.45) is 0 Å². The average Bonchev–Trinajstić information content (AvgIpc) is 2.66. The number of ether oxygens (including phenoxy) is 2. The number of fused-ring (bicyclic) bond motifs is 1. The zero-order valence-corrected chi connectivity index (χ0v) is 16.1. The zero-order chi connectivity index (χ0) is 19.6. The van der Waals surface area contributed by atoms with Crippen LogP contribution in [0.1, 0.15) is 17.3 Å². The summed E-state index contributed by atoms with van der Waals surface area (Å²) in [5.74, 6) is -0.501. The number of pyridine rings is 1. The summed E-state index contributed by atoms with van der Waals surface area (Å²) in [5, 5.41) is 12.2. The normalized spacial score (nSPS) is 10.6. The van der Waals surface area contributed by atoms with E-state index in [2.05, 4.69) is 20.9 Å². The summed E-state index contributed by atoms with van der Waals surface area (Å²) in [7, 11) is 1.38. The summed E-state index contributed by atoms with van der Waals surface area (Å²) in [6, 6.07) is 11.8. The van der Waals surface area contributed by atoms with Crippen LogP contribution in [0.4, 0.5) is 5.69 Å². The third-order valence-corrected chi connectivity index (χ3v) is 4.47. The van der Waals surface area contributed by atoms with E-state index in [0.717, 1.165) is 4.47 Å². The first-order valence-corrected chi connectivity index (χ1v) is 8.84. The number of rotatable bonds is 5. The molecule has 27 heavy (non-hydrogen) atoms. The summed E-state index contributed by atoms with van der Waals surface area (Å²) in [6.45, 7) is 1.91. The maximum absolute atomic E-state index is 12.2. The van der Waals surface area contributed by atoms with Crippen molar-refractivity contribution < 1.29 is 19.2 Å². The quantitative estimate of drug-likeness (QED) is 0.329. The number of halogens is 1. The molecular weight excluding hydrogens is 416 g/mol. The largest absolute Gasteiger partial charge is 0.480 e. The molecule has 0 bridgehead atoms. The molecule has 0 radical (unpaired) electrons. The third-order valence-electron chi connectivity index (χ3n) is 3.94. The molecular formula is C19H15BrN2O5. The molecule has 0 spiro atoms. The van der Waals surface area contributed by atoms with Gasteiger partial charge in [-0.05, 0) is 36.8 Å². The van der Waals surface area contributed by atoms with Crippen LogP contribution in [0.5, 0.6) is 5.88 Å². The highest BCUT2D eigenvalue weighted by Crippen LogP contribution is 2.35. The molecule has 0 aliphatic carbocycles. The van der Waals surface area contributed by atoms with E-state index in [-0.39, 0.29) is 23.7 Å². The highest BCUT2D eigenvalue weighted by molar-refractivity contribution is 9.10. The van der Waals surface area contributed by atoms with Gasteiger partial charge < -0.3 is 9.47 Å². The predicted octanol–water partition coefficient (Wildman–Crippen LogP) is 4.76. The minimum absolute atomic E-state index is 0.0617. The predicted molar refractivity (Wildman–Crippen MR) is 104 cm³/mol. The van der Waals surface area contributed by atoms with Gasteiger partial charge in [-0.15, -0.1) is 0 Å². The fourth-order valence-electron chi connectivity index (χ4n) is 2.72. The highest BCUT2D eigenvalue weighted by Gasteiger charge is 2.21. The molecule has 0 fully saturated rings. The minimum atomic E-state index is -0.563. The molecule has 8 heteroatoms. The number of hydrogen-bond donors (Lipinski definition) is 0. The van der Waals surface area contributed by atoms with Crippen molar-refractivity contribution in [1.29, 1.82) is 0 Å². The zero-order valence-electron chi connectivity index (χ0n) is 14.6. The number of aromatic nitrogens is 1. The van der Waals surface area contributed by atoms with Crippen molar-refractivity contribution in [3.63, 3.8) is 0 Å². The van der Waals surface area contributed by atoms with E-state index in [1.54, 1.807) is 43.3 Å². The van der Waals surface area contributed by atoms with Crippen LogP contribution in [-0.2, 0) is 4.74 Å². The second-order valence-electron chi connectivity index (χ2n) is 5.59. The molecule has 0 saturated heterocycles. The number of nitrogens with zero attached hydrogens (tertiary/aromatic N) is 2.